The van der Waals surface area contributed by atoms with Gasteiger partial charge in [0.15, 0.2) is 0 Å². The van der Waals surface area contributed by atoms with Crippen molar-refractivity contribution in [3.8, 4) is 0 Å². The fourth-order valence-electron chi connectivity index (χ4n) is 3.04. The SMILES string of the molecule is CCc1cc(N2CCN(C(=O)C3CC3)CC2)nc2nncn12. The number of carbonyl (C=O) groups excluding carboxylic acids is 1. The van der Waals surface area contributed by atoms with Gasteiger partial charge in [-0.05, 0) is 19.3 Å². The van der Waals surface area contributed by atoms with Crippen LogP contribution in [0.4, 0.5) is 5.82 Å². The summed E-state index contributed by atoms with van der Waals surface area (Å²) in [6, 6.07) is 2.11. The van der Waals surface area contributed by atoms with Crippen LogP contribution in [0.2, 0.25) is 0 Å². The van der Waals surface area contributed by atoms with E-state index in [1.165, 1.54) is 0 Å². The van der Waals surface area contributed by atoms with Gasteiger partial charge in [0.05, 0.1) is 0 Å². The number of aryl methyl sites for hydroxylation is 1. The maximum atomic E-state index is 12.1. The van der Waals surface area contributed by atoms with Crippen molar-refractivity contribution in [2.24, 2.45) is 5.92 Å². The second-order valence-corrected chi connectivity index (χ2v) is 6.05. The van der Waals surface area contributed by atoms with Crippen LogP contribution in [0, 0.1) is 5.92 Å². The summed E-state index contributed by atoms with van der Waals surface area (Å²) in [6.07, 6.45) is 4.76. The third-order valence-electron chi connectivity index (χ3n) is 4.55. The summed E-state index contributed by atoms with van der Waals surface area (Å²) in [6.45, 7) is 5.36. The molecule has 0 atom stereocenters. The third kappa shape index (κ3) is 2.30. The summed E-state index contributed by atoms with van der Waals surface area (Å²) >= 11 is 0. The second-order valence-electron chi connectivity index (χ2n) is 6.05. The zero-order chi connectivity index (χ0) is 15.1. The van der Waals surface area contributed by atoms with E-state index in [-0.39, 0.29) is 0 Å². The molecule has 2 aromatic rings. The molecular weight excluding hydrogens is 280 g/mol. The molecule has 1 aliphatic carbocycles. The smallest absolute Gasteiger partial charge is 0.256 e. The van der Waals surface area contributed by atoms with Crippen LogP contribution in [0.25, 0.3) is 5.78 Å². The first-order chi connectivity index (χ1) is 10.8. The van der Waals surface area contributed by atoms with Crippen LogP contribution >= 0.6 is 0 Å². The van der Waals surface area contributed by atoms with Crippen molar-refractivity contribution >= 4 is 17.5 Å². The molecule has 1 aliphatic heterocycles. The number of anilines is 1. The van der Waals surface area contributed by atoms with E-state index in [1.54, 1.807) is 6.33 Å². The molecule has 0 bridgehead atoms. The Balaban J connectivity index is 1.52. The van der Waals surface area contributed by atoms with Gasteiger partial charge in [0.25, 0.3) is 5.78 Å². The molecule has 0 unspecified atom stereocenters. The molecule has 4 rings (SSSR count). The van der Waals surface area contributed by atoms with Gasteiger partial charge in [-0.25, -0.2) is 0 Å². The van der Waals surface area contributed by atoms with E-state index in [4.69, 9.17) is 0 Å². The van der Waals surface area contributed by atoms with Crippen molar-refractivity contribution in [1.82, 2.24) is 24.5 Å². The van der Waals surface area contributed by atoms with Crippen LogP contribution < -0.4 is 4.90 Å². The number of aromatic nitrogens is 4. The topological polar surface area (TPSA) is 66.6 Å². The Morgan fingerprint density at radius 3 is 2.73 bits per heavy atom. The van der Waals surface area contributed by atoms with Gasteiger partial charge in [-0.15, -0.1) is 10.2 Å². The van der Waals surface area contributed by atoms with Gasteiger partial charge in [-0.2, -0.15) is 4.98 Å². The standard InChI is InChI=1S/C15H20N6O/c1-2-12-9-13(17-15-18-16-10-21(12)15)19-5-7-20(8-6-19)14(22)11-3-4-11/h9-11H,2-8H2,1H3. The van der Waals surface area contributed by atoms with Crippen LogP contribution in [0.5, 0.6) is 0 Å². The van der Waals surface area contributed by atoms with E-state index in [1.807, 2.05) is 9.30 Å². The quantitative estimate of drug-likeness (QED) is 0.836. The Bertz CT molecular complexity index is 699. The van der Waals surface area contributed by atoms with Gasteiger partial charge in [0.2, 0.25) is 5.91 Å². The largest absolute Gasteiger partial charge is 0.353 e. The molecule has 0 spiro atoms. The molecule has 7 heteroatoms. The lowest BCUT2D eigenvalue weighted by molar-refractivity contribution is -0.132. The summed E-state index contributed by atoms with van der Waals surface area (Å²) in [7, 11) is 0. The van der Waals surface area contributed by atoms with E-state index in [9.17, 15) is 4.79 Å². The fourth-order valence-corrected chi connectivity index (χ4v) is 3.04. The number of fused-ring (bicyclic) bond motifs is 1. The lowest BCUT2D eigenvalue weighted by Gasteiger charge is -2.35. The van der Waals surface area contributed by atoms with Gasteiger partial charge in [0.1, 0.15) is 12.1 Å². The predicted molar refractivity (Wildman–Crippen MR) is 81.7 cm³/mol. The van der Waals surface area contributed by atoms with Crippen molar-refractivity contribution in [2.75, 3.05) is 31.1 Å². The Labute approximate surface area is 128 Å². The van der Waals surface area contributed by atoms with E-state index in [0.29, 0.717) is 17.6 Å². The number of piperazine rings is 1. The predicted octanol–water partition coefficient (Wildman–Crippen LogP) is 0.745. The molecule has 1 saturated carbocycles. The molecule has 22 heavy (non-hydrogen) atoms. The summed E-state index contributed by atoms with van der Waals surface area (Å²) < 4.78 is 1.93. The van der Waals surface area contributed by atoms with Gasteiger partial charge >= 0.3 is 0 Å². The first-order valence-electron chi connectivity index (χ1n) is 7.99. The van der Waals surface area contributed by atoms with Crippen LogP contribution in [0.1, 0.15) is 25.5 Å². The van der Waals surface area contributed by atoms with Gasteiger partial charge in [-0.3, -0.25) is 9.20 Å². The lowest BCUT2D eigenvalue weighted by atomic mass is 10.2. The van der Waals surface area contributed by atoms with Crippen molar-refractivity contribution in [3.05, 3.63) is 18.1 Å². The Hall–Kier alpha value is -2.18. The minimum Gasteiger partial charge on any atom is -0.353 e. The van der Waals surface area contributed by atoms with Gasteiger partial charge < -0.3 is 9.80 Å². The molecule has 2 aliphatic rings. The first-order valence-corrected chi connectivity index (χ1v) is 7.99. The average Bonchev–Trinajstić information content (AvgIpc) is 3.31. The Morgan fingerprint density at radius 2 is 2.05 bits per heavy atom. The minimum atomic E-state index is 0.309. The normalized spacial score (nSPS) is 19.0. The summed E-state index contributed by atoms with van der Waals surface area (Å²) in [4.78, 5) is 21.0. The molecule has 2 aromatic heterocycles. The molecule has 3 heterocycles. The van der Waals surface area contributed by atoms with E-state index in [2.05, 4.69) is 33.1 Å². The Morgan fingerprint density at radius 1 is 1.27 bits per heavy atom. The van der Waals surface area contributed by atoms with Gasteiger partial charge in [0, 0.05) is 43.9 Å². The Kier molecular flexibility index (Phi) is 3.20. The molecule has 0 N–H and O–H groups in total. The molecule has 7 nitrogen and oxygen atoms in total. The highest BCUT2D eigenvalue weighted by Crippen LogP contribution is 2.31. The van der Waals surface area contributed by atoms with Crippen LogP contribution in [-0.2, 0) is 11.2 Å². The van der Waals surface area contributed by atoms with Crippen molar-refractivity contribution in [3.63, 3.8) is 0 Å². The molecule has 0 radical (unpaired) electrons. The lowest BCUT2D eigenvalue weighted by Crippen LogP contribution is -2.49. The molecule has 0 aromatic carbocycles. The average molecular weight is 300 g/mol. The molecular formula is C15H20N6O. The van der Waals surface area contributed by atoms with E-state index >= 15 is 0 Å². The van der Waals surface area contributed by atoms with E-state index < -0.39 is 0 Å². The number of carbonyl (C=O) groups is 1. The molecule has 1 amide bonds. The number of hydrogen-bond donors (Lipinski definition) is 0. The maximum Gasteiger partial charge on any atom is 0.256 e. The summed E-state index contributed by atoms with van der Waals surface area (Å²) in [5.41, 5.74) is 1.15. The van der Waals surface area contributed by atoms with Crippen LogP contribution in [0.3, 0.4) is 0 Å². The monoisotopic (exact) mass is 300 g/mol. The second kappa shape index (κ2) is 5.23. The molecule has 1 saturated heterocycles. The number of rotatable bonds is 3. The summed E-state index contributed by atoms with van der Waals surface area (Å²) in [5, 5.41) is 8.00. The molecule has 116 valence electrons. The third-order valence-corrected chi connectivity index (χ3v) is 4.55. The number of hydrogen-bond acceptors (Lipinski definition) is 5. The number of amides is 1. The summed E-state index contributed by atoms with van der Waals surface area (Å²) in [5.74, 6) is 2.24. The van der Waals surface area contributed by atoms with E-state index in [0.717, 1.165) is 57.0 Å². The highest BCUT2D eigenvalue weighted by atomic mass is 16.2. The maximum absolute atomic E-state index is 12.1. The highest BCUT2D eigenvalue weighted by Gasteiger charge is 2.34. The van der Waals surface area contributed by atoms with Gasteiger partial charge in [-0.1, -0.05) is 6.92 Å². The zero-order valence-corrected chi connectivity index (χ0v) is 12.8. The highest BCUT2D eigenvalue weighted by molar-refractivity contribution is 5.81. The zero-order valence-electron chi connectivity index (χ0n) is 12.8. The van der Waals surface area contributed by atoms with Crippen LogP contribution in [-0.4, -0.2) is 56.6 Å². The fraction of sp³-hybridized carbons (Fsp3) is 0.600. The minimum absolute atomic E-state index is 0.309. The molecule has 2 fully saturated rings. The van der Waals surface area contributed by atoms with Crippen molar-refractivity contribution in [1.29, 1.82) is 0 Å². The first kappa shape index (κ1) is 13.5. The van der Waals surface area contributed by atoms with Crippen LogP contribution in [0.15, 0.2) is 12.4 Å². The number of nitrogens with zero attached hydrogens (tertiary/aromatic N) is 6. The van der Waals surface area contributed by atoms with Crippen molar-refractivity contribution < 1.29 is 4.79 Å². The van der Waals surface area contributed by atoms with Crippen molar-refractivity contribution in [2.45, 2.75) is 26.2 Å².